The van der Waals surface area contributed by atoms with E-state index in [1.165, 1.54) is 22.4 Å². The summed E-state index contributed by atoms with van der Waals surface area (Å²) < 4.78 is 1.12. The standard InChI is InChI=1S/C16H15BrClN/c1-10-2-5-15(17)16(6-10)19-14-8-11-3-4-13(18)7-12(11)9-14/h2-7,14,19H,8-9H2,1H3. The number of benzene rings is 2. The van der Waals surface area contributed by atoms with Crippen LogP contribution in [-0.4, -0.2) is 6.04 Å². The number of hydrogen-bond acceptors (Lipinski definition) is 1. The molecule has 3 heteroatoms. The van der Waals surface area contributed by atoms with Crippen molar-refractivity contribution in [3.63, 3.8) is 0 Å². The lowest BCUT2D eigenvalue weighted by Gasteiger charge is -2.15. The number of aryl methyl sites for hydroxylation is 1. The van der Waals surface area contributed by atoms with Crippen LogP contribution in [0.5, 0.6) is 0 Å². The maximum absolute atomic E-state index is 6.05. The minimum Gasteiger partial charge on any atom is -0.381 e. The summed E-state index contributed by atoms with van der Waals surface area (Å²) in [6.45, 7) is 2.11. The molecule has 0 spiro atoms. The molecule has 0 radical (unpaired) electrons. The van der Waals surface area contributed by atoms with Crippen molar-refractivity contribution in [2.75, 3.05) is 5.32 Å². The number of anilines is 1. The van der Waals surface area contributed by atoms with Gasteiger partial charge in [0.15, 0.2) is 0 Å². The molecule has 1 N–H and O–H groups in total. The number of hydrogen-bond donors (Lipinski definition) is 1. The molecule has 2 aromatic carbocycles. The molecule has 1 nitrogen and oxygen atoms in total. The van der Waals surface area contributed by atoms with E-state index in [-0.39, 0.29) is 0 Å². The van der Waals surface area contributed by atoms with Gasteiger partial charge in [0.05, 0.1) is 0 Å². The maximum Gasteiger partial charge on any atom is 0.0489 e. The first-order chi connectivity index (χ1) is 9.11. The Morgan fingerprint density at radius 3 is 2.74 bits per heavy atom. The summed E-state index contributed by atoms with van der Waals surface area (Å²) in [6, 6.07) is 13.0. The summed E-state index contributed by atoms with van der Waals surface area (Å²) in [5.41, 5.74) is 5.22. The summed E-state index contributed by atoms with van der Waals surface area (Å²) in [4.78, 5) is 0. The smallest absolute Gasteiger partial charge is 0.0489 e. The van der Waals surface area contributed by atoms with Crippen molar-refractivity contribution in [3.05, 3.63) is 62.6 Å². The Morgan fingerprint density at radius 2 is 1.89 bits per heavy atom. The van der Waals surface area contributed by atoms with Gasteiger partial charge < -0.3 is 5.32 Å². The van der Waals surface area contributed by atoms with Crippen LogP contribution < -0.4 is 5.32 Å². The van der Waals surface area contributed by atoms with Crippen LogP contribution in [0, 0.1) is 6.92 Å². The zero-order valence-corrected chi connectivity index (χ0v) is 13.1. The largest absolute Gasteiger partial charge is 0.381 e. The van der Waals surface area contributed by atoms with Crippen LogP contribution in [0.2, 0.25) is 5.02 Å². The third kappa shape index (κ3) is 2.80. The van der Waals surface area contributed by atoms with E-state index in [1.807, 2.05) is 6.07 Å². The van der Waals surface area contributed by atoms with Crippen LogP contribution in [-0.2, 0) is 12.8 Å². The molecule has 1 atom stereocenters. The molecule has 98 valence electrons. The highest BCUT2D eigenvalue weighted by molar-refractivity contribution is 9.10. The van der Waals surface area contributed by atoms with E-state index in [0.29, 0.717) is 6.04 Å². The van der Waals surface area contributed by atoms with Gasteiger partial charge in [-0.05, 0) is 76.7 Å². The predicted molar refractivity (Wildman–Crippen MR) is 85.1 cm³/mol. The summed E-state index contributed by atoms with van der Waals surface area (Å²) >= 11 is 9.65. The number of nitrogens with one attached hydrogen (secondary N) is 1. The second kappa shape index (κ2) is 5.18. The SMILES string of the molecule is Cc1ccc(Br)c(NC2Cc3ccc(Cl)cc3C2)c1. The van der Waals surface area contributed by atoms with E-state index < -0.39 is 0 Å². The summed E-state index contributed by atoms with van der Waals surface area (Å²) in [5.74, 6) is 0. The van der Waals surface area contributed by atoms with E-state index in [1.54, 1.807) is 0 Å². The highest BCUT2D eigenvalue weighted by Gasteiger charge is 2.21. The fraction of sp³-hybridized carbons (Fsp3) is 0.250. The molecular weight excluding hydrogens is 322 g/mol. The average molecular weight is 337 g/mol. The number of halogens is 2. The average Bonchev–Trinajstić information content (AvgIpc) is 2.75. The van der Waals surface area contributed by atoms with Gasteiger partial charge in [0.2, 0.25) is 0 Å². The van der Waals surface area contributed by atoms with Crippen molar-refractivity contribution >= 4 is 33.2 Å². The summed E-state index contributed by atoms with van der Waals surface area (Å²) in [7, 11) is 0. The molecule has 0 fully saturated rings. The van der Waals surface area contributed by atoms with Gasteiger partial charge in [-0.3, -0.25) is 0 Å². The van der Waals surface area contributed by atoms with Crippen molar-refractivity contribution in [3.8, 4) is 0 Å². The summed E-state index contributed by atoms with van der Waals surface area (Å²) in [5, 5.41) is 4.46. The summed E-state index contributed by atoms with van der Waals surface area (Å²) in [6.07, 6.45) is 2.10. The Morgan fingerprint density at radius 1 is 1.11 bits per heavy atom. The molecule has 0 aliphatic heterocycles. The molecule has 0 heterocycles. The van der Waals surface area contributed by atoms with Crippen molar-refractivity contribution in [2.45, 2.75) is 25.8 Å². The van der Waals surface area contributed by atoms with Crippen LogP contribution in [0.25, 0.3) is 0 Å². The monoisotopic (exact) mass is 335 g/mol. The third-order valence-corrected chi connectivity index (χ3v) is 4.51. The Hall–Kier alpha value is -0.990. The molecule has 0 amide bonds. The zero-order valence-electron chi connectivity index (χ0n) is 10.7. The first-order valence-electron chi connectivity index (χ1n) is 6.42. The van der Waals surface area contributed by atoms with E-state index in [4.69, 9.17) is 11.6 Å². The molecule has 0 aromatic heterocycles. The van der Waals surface area contributed by atoms with E-state index in [0.717, 1.165) is 22.3 Å². The second-order valence-corrected chi connectivity index (χ2v) is 6.44. The van der Waals surface area contributed by atoms with Crippen molar-refractivity contribution in [1.29, 1.82) is 0 Å². The van der Waals surface area contributed by atoms with E-state index in [2.05, 4.69) is 58.5 Å². The minimum absolute atomic E-state index is 0.451. The molecule has 2 aromatic rings. The number of fused-ring (bicyclic) bond motifs is 1. The lowest BCUT2D eigenvalue weighted by atomic mass is 10.1. The van der Waals surface area contributed by atoms with Crippen molar-refractivity contribution < 1.29 is 0 Å². The third-order valence-electron chi connectivity index (χ3n) is 3.58. The fourth-order valence-corrected chi connectivity index (χ4v) is 3.21. The van der Waals surface area contributed by atoms with Crippen LogP contribution in [0.4, 0.5) is 5.69 Å². The van der Waals surface area contributed by atoms with Gasteiger partial charge in [0, 0.05) is 21.2 Å². The Balaban J connectivity index is 1.78. The Kier molecular flexibility index (Phi) is 3.55. The van der Waals surface area contributed by atoms with Crippen molar-refractivity contribution in [2.24, 2.45) is 0 Å². The number of rotatable bonds is 2. The lowest BCUT2D eigenvalue weighted by molar-refractivity contribution is 0.773. The van der Waals surface area contributed by atoms with Gasteiger partial charge in [-0.1, -0.05) is 23.7 Å². The van der Waals surface area contributed by atoms with Gasteiger partial charge in [-0.25, -0.2) is 0 Å². The Labute approximate surface area is 127 Å². The predicted octanol–water partition coefficient (Wildman–Crippen LogP) is 4.99. The molecule has 1 unspecified atom stereocenters. The molecule has 3 rings (SSSR count). The van der Waals surface area contributed by atoms with Gasteiger partial charge in [-0.2, -0.15) is 0 Å². The molecule has 19 heavy (non-hydrogen) atoms. The van der Waals surface area contributed by atoms with Crippen LogP contribution in [0.1, 0.15) is 16.7 Å². The van der Waals surface area contributed by atoms with Gasteiger partial charge >= 0.3 is 0 Å². The van der Waals surface area contributed by atoms with Crippen LogP contribution in [0.3, 0.4) is 0 Å². The zero-order chi connectivity index (χ0) is 13.4. The minimum atomic E-state index is 0.451. The molecule has 0 bridgehead atoms. The second-order valence-electron chi connectivity index (χ2n) is 5.15. The van der Waals surface area contributed by atoms with Crippen LogP contribution in [0.15, 0.2) is 40.9 Å². The normalized spacial score (nSPS) is 17.3. The lowest BCUT2D eigenvalue weighted by Crippen LogP contribution is -2.19. The van der Waals surface area contributed by atoms with Crippen molar-refractivity contribution in [1.82, 2.24) is 0 Å². The van der Waals surface area contributed by atoms with Gasteiger partial charge in [-0.15, -0.1) is 0 Å². The molecular formula is C16H15BrClN. The van der Waals surface area contributed by atoms with E-state index in [9.17, 15) is 0 Å². The first-order valence-corrected chi connectivity index (χ1v) is 7.59. The molecule has 1 aliphatic carbocycles. The highest BCUT2D eigenvalue weighted by atomic mass is 79.9. The molecule has 0 saturated heterocycles. The Bertz CT molecular complexity index is 624. The molecule has 1 aliphatic rings. The van der Waals surface area contributed by atoms with E-state index >= 15 is 0 Å². The topological polar surface area (TPSA) is 12.0 Å². The first kappa shape index (κ1) is 13.0. The fourth-order valence-electron chi connectivity index (χ4n) is 2.66. The quantitative estimate of drug-likeness (QED) is 0.814. The van der Waals surface area contributed by atoms with Gasteiger partial charge in [0.25, 0.3) is 0 Å². The van der Waals surface area contributed by atoms with Gasteiger partial charge in [0.1, 0.15) is 0 Å². The maximum atomic E-state index is 6.05. The van der Waals surface area contributed by atoms with Crippen LogP contribution >= 0.6 is 27.5 Å². The molecule has 0 saturated carbocycles. The highest BCUT2D eigenvalue weighted by Crippen LogP contribution is 2.30.